The lowest BCUT2D eigenvalue weighted by molar-refractivity contribution is 0.0975. The SMILES string of the molecule is CNCc1sc2cccc(F)c2c1COCC(C)C. The van der Waals surface area contributed by atoms with Crippen LogP contribution in [-0.4, -0.2) is 13.7 Å². The smallest absolute Gasteiger partial charge is 0.132 e. The first-order chi connectivity index (χ1) is 9.13. The van der Waals surface area contributed by atoms with E-state index in [0.29, 0.717) is 19.1 Å². The minimum absolute atomic E-state index is 0.153. The second-order valence-corrected chi connectivity index (χ2v) is 6.19. The van der Waals surface area contributed by atoms with Gasteiger partial charge in [-0.1, -0.05) is 19.9 Å². The Morgan fingerprint density at radius 3 is 2.84 bits per heavy atom. The molecule has 1 N–H and O–H groups in total. The zero-order valence-corrected chi connectivity index (χ0v) is 12.4. The first-order valence-electron chi connectivity index (χ1n) is 6.54. The zero-order chi connectivity index (χ0) is 13.8. The Hall–Kier alpha value is -0.970. The molecule has 0 aliphatic carbocycles. The van der Waals surface area contributed by atoms with Crippen molar-refractivity contribution < 1.29 is 9.13 Å². The van der Waals surface area contributed by atoms with Crippen molar-refractivity contribution >= 4 is 21.4 Å². The Bertz CT molecular complexity index is 550. The molecule has 0 unspecified atom stereocenters. The largest absolute Gasteiger partial charge is 0.376 e. The van der Waals surface area contributed by atoms with Crippen LogP contribution >= 0.6 is 11.3 Å². The fourth-order valence-corrected chi connectivity index (χ4v) is 3.30. The molecule has 0 saturated carbocycles. The Balaban J connectivity index is 2.34. The van der Waals surface area contributed by atoms with Crippen LogP contribution in [0.4, 0.5) is 4.39 Å². The molecule has 2 nitrogen and oxygen atoms in total. The molecule has 0 spiro atoms. The quantitative estimate of drug-likeness (QED) is 0.866. The molecule has 0 radical (unpaired) electrons. The molecule has 104 valence electrons. The maximum Gasteiger partial charge on any atom is 0.132 e. The highest BCUT2D eigenvalue weighted by atomic mass is 32.1. The van der Waals surface area contributed by atoms with Gasteiger partial charge in [-0.15, -0.1) is 11.3 Å². The summed E-state index contributed by atoms with van der Waals surface area (Å²) in [5.41, 5.74) is 0.994. The van der Waals surface area contributed by atoms with Gasteiger partial charge in [-0.25, -0.2) is 4.39 Å². The normalized spacial score (nSPS) is 11.6. The van der Waals surface area contributed by atoms with Crippen molar-refractivity contribution in [2.75, 3.05) is 13.7 Å². The van der Waals surface area contributed by atoms with Gasteiger partial charge in [-0.2, -0.15) is 0 Å². The van der Waals surface area contributed by atoms with Crippen LogP contribution in [0.2, 0.25) is 0 Å². The van der Waals surface area contributed by atoms with E-state index in [1.165, 1.54) is 6.07 Å². The van der Waals surface area contributed by atoms with Gasteiger partial charge in [0.1, 0.15) is 5.82 Å². The van der Waals surface area contributed by atoms with Crippen LogP contribution in [0, 0.1) is 11.7 Å². The fraction of sp³-hybridized carbons (Fsp3) is 0.467. The topological polar surface area (TPSA) is 21.3 Å². The predicted molar refractivity (Wildman–Crippen MR) is 79.0 cm³/mol. The van der Waals surface area contributed by atoms with Crippen molar-refractivity contribution in [3.05, 3.63) is 34.5 Å². The molecule has 2 aromatic rings. The van der Waals surface area contributed by atoms with Gasteiger partial charge in [0.2, 0.25) is 0 Å². The molecule has 0 fully saturated rings. The van der Waals surface area contributed by atoms with E-state index >= 15 is 0 Å². The lowest BCUT2D eigenvalue weighted by Gasteiger charge is -2.08. The fourth-order valence-electron chi connectivity index (χ4n) is 2.07. The molecule has 19 heavy (non-hydrogen) atoms. The van der Waals surface area contributed by atoms with Crippen LogP contribution in [0.1, 0.15) is 24.3 Å². The maximum absolute atomic E-state index is 14.0. The summed E-state index contributed by atoms with van der Waals surface area (Å²) in [4.78, 5) is 1.16. The number of fused-ring (bicyclic) bond motifs is 1. The Kier molecular flexibility index (Phi) is 4.91. The Labute approximate surface area is 117 Å². The van der Waals surface area contributed by atoms with Gasteiger partial charge < -0.3 is 10.1 Å². The molecule has 0 bridgehead atoms. The Morgan fingerprint density at radius 2 is 2.16 bits per heavy atom. The third kappa shape index (κ3) is 3.32. The summed E-state index contributed by atoms with van der Waals surface area (Å²) in [6.07, 6.45) is 0. The molecular weight excluding hydrogens is 261 g/mol. The van der Waals surface area contributed by atoms with Crippen molar-refractivity contribution in [3.8, 4) is 0 Å². The number of thiophene rings is 1. The second-order valence-electron chi connectivity index (χ2n) is 5.06. The number of halogens is 1. The summed E-state index contributed by atoms with van der Waals surface area (Å²) in [6.45, 7) is 6.15. The van der Waals surface area contributed by atoms with E-state index in [0.717, 1.165) is 27.1 Å². The van der Waals surface area contributed by atoms with Crippen LogP contribution < -0.4 is 5.32 Å². The minimum Gasteiger partial charge on any atom is -0.376 e. The van der Waals surface area contributed by atoms with Crippen molar-refractivity contribution in [2.45, 2.75) is 27.0 Å². The average molecular weight is 281 g/mol. The molecule has 1 heterocycles. The third-order valence-electron chi connectivity index (χ3n) is 2.88. The van der Waals surface area contributed by atoms with Crippen molar-refractivity contribution in [2.24, 2.45) is 5.92 Å². The molecule has 1 aromatic carbocycles. The molecule has 4 heteroatoms. The van der Waals surface area contributed by atoms with E-state index < -0.39 is 0 Å². The van der Waals surface area contributed by atoms with Crippen LogP contribution in [-0.2, 0) is 17.9 Å². The maximum atomic E-state index is 14.0. The number of nitrogens with one attached hydrogen (secondary N) is 1. The van der Waals surface area contributed by atoms with Crippen LogP contribution in [0.5, 0.6) is 0 Å². The number of rotatable bonds is 6. The molecule has 0 saturated heterocycles. The van der Waals surface area contributed by atoms with Crippen LogP contribution in [0.25, 0.3) is 10.1 Å². The van der Waals surface area contributed by atoms with E-state index in [1.54, 1.807) is 17.4 Å². The second kappa shape index (κ2) is 6.46. The van der Waals surface area contributed by atoms with Gasteiger partial charge in [-0.3, -0.25) is 0 Å². The van der Waals surface area contributed by atoms with Gasteiger partial charge in [0, 0.05) is 33.7 Å². The first kappa shape index (κ1) is 14.4. The van der Waals surface area contributed by atoms with Gasteiger partial charge >= 0.3 is 0 Å². The predicted octanol–water partition coefficient (Wildman–Crippen LogP) is 3.93. The Morgan fingerprint density at radius 1 is 1.37 bits per heavy atom. The molecule has 2 rings (SSSR count). The lowest BCUT2D eigenvalue weighted by atomic mass is 10.1. The summed E-state index contributed by atoms with van der Waals surface area (Å²) in [6, 6.07) is 5.24. The number of ether oxygens (including phenoxy) is 1. The molecule has 1 aromatic heterocycles. The molecule has 0 atom stereocenters. The first-order valence-corrected chi connectivity index (χ1v) is 7.36. The summed E-state index contributed by atoms with van der Waals surface area (Å²) in [7, 11) is 1.90. The van der Waals surface area contributed by atoms with Crippen molar-refractivity contribution in [1.82, 2.24) is 5.32 Å². The van der Waals surface area contributed by atoms with Crippen LogP contribution in [0.3, 0.4) is 0 Å². The van der Waals surface area contributed by atoms with E-state index in [9.17, 15) is 4.39 Å². The van der Waals surface area contributed by atoms with Gasteiger partial charge in [0.05, 0.1) is 6.61 Å². The summed E-state index contributed by atoms with van der Waals surface area (Å²) >= 11 is 1.64. The van der Waals surface area contributed by atoms with E-state index in [-0.39, 0.29) is 5.82 Å². The van der Waals surface area contributed by atoms with Gasteiger partial charge in [-0.05, 0) is 25.1 Å². The molecular formula is C15H20FNOS. The van der Waals surface area contributed by atoms with E-state index in [2.05, 4.69) is 19.2 Å². The number of benzene rings is 1. The number of hydrogen-bond acceptors (Lipinski definition) is 3. The van der Waals surface area contributed by atoms with Crippen LogP contribution in [0.15, 0.2) is 18.2 Å². The van der Waals surface area contributed by atoms with E-state index in [1.807, 2.05) is 13.1 Å². The summed E-state index contributed by atoms with van der Waals surface area (Å²) < 4.78 is 20.7. The highest BCUT2D eigenvalue weighted by Gasteiger charge is 2.15. The third-order valence-corrected chi connectivity index (χ3v) is 4.08. The van der Waals surface area contributed by atoms with Crippen molar-refractivity contribution in [1.29, 1.82) is 0 Å². The van der Waals surface area contributed by atoms with Gasteiger partial charge in [0.25, 0.3) is 0 Å². The monoisotopic (exact) mass is 281 g/mol. The molecule has 0 amide bonds. The van der Waals surface area contributed by atoms with E-state index in [4.69, 9.17) is 4.74 Å². The number of hydrogen-bond donors (Lipinski definition) is 1. The lowest BCUT2D eigenvalue weighted by Crippen LogP contribution is -2.07. The van der Waals surface area contributed by atoms with Gasteiger partial charge in [0.15, 0.2) is 0 Å². The molecule has 0 aliphatic rings. The average Bonchev–Trinajstić information content (AvgIpc) is 2.69. The summed E-state index contributed by atoms with van der Waals surface area (Å²) in [5.74, 6) is 0.335. The highest BCUT2D eigenvalue weighted by Crippen LogP contribution is 2.33. The highest BCUT2D eigenvalue weighted by molar-refractivity contribution is 7.19. The van der Waals surface area contributed by atoms with Crippen molar-refractivity contribution in [3.63, 3.8) is 0 Å². The summed E-state index contributed by atoms with van der Waals surface area (Å²) in [5, 5.41) is 3.86. The molecule has 0 aliphatic heterocycles. The standard InChI is InChI=1S/C15H20FNOS/c1-10(2)8-18-9-11-14(7-17-3)19-13-6-4-5-12(16)15(11)13/h4-6,10,17H,7-9H2,1-3H3. The minimum atomic E-state index is -0.153. The zero-order valence-electron chi connectivity index (χ0n) is 11.6.